The molecular weight excluding hydrogens is 270 g/mol. The van der Waals surface area contributed by atoms with Gasteiger partial charge in [-0.1, -0.05) is 29.8 Å². The summed E-state index contributed by atoms with van der Waals surface area (Å²) in [5, 5.41) is 0. The van der Waals surface area contributed by atoms with E-state index in [4.69, 9.17) is 4.74 Å². The Balaban J connectivity index is 1.95. The number of halogens is 1. The highest BCUT2D eigenvalue weighted by Crippen LogP contribution is 2.27. The molecule has 0 aliphatic carbocycles. The minimum absolute atomic E-state index is 0.181. The molecule has 2 saturated heterocycles. The summed E-state index contributed by atoms with van der Waals surface area (Å²) >= 11 is 3.66. The predicted molar refractivity (Wildman–Crippen MR) is 66.6 cm³/mol. The average molecular weight is 290 g/mol. The monoisotopic (exact) mass is 289 g/mol. The number of amides is 1. The van der Waals surface area contributed by atoms with E-state index < -0.39 is 0 Å². The summed E-state index contributed by atoms with van der Waals surface area (Å²) in [6, 6.07) is 0. The Morgan fingerprint density at radius 3 is 2.62 bits per heavy atom. The minimum Gasteiger partial charge on any atom is -0.368 e. The van der Waals surface area contributed by atoms with Crippen LogP contribution in [-0.2, 0) is 9.53 Å². The van der Waals surface area contributed by atoms with Crippen molar-refractivity contribution in [3.05, 3.63) is 0 Å². The predicted octanol–water partition coefficient (Wildman–Crippen LogP) is 2.04. The van der Waals surface area contributed by atoms with Crippen LogP contribution >= 0.6 is 15.9 Å². The van der Waals surface area contributed by atoms with E-state index in [1.54, 1.807) is 0 Å². The molecule has 2 rings (SSSR count). The molecule has 4 atom stereocenters. The number of ether oxygens (including phenoxy) is 1. The van der Waals surface area contributed by atoms with Gasteiger partial charge in [0.05, 0.1) is 0 Å². The zero-order valence-electron chi connectivity index (χ0n) is 9.99. The lowest BCUT2D eigenvalue weighted by Gasteiger charge is -2.36. The van der Waals surface area contributed by atoms with Crippen molar-refractivity contribution >= 4 is 21.8 Å². The summed E-state index contributed by atoms with van der Waals surface area (Å²) in [6.07, 6.45) is 1.88. The van der Waals surface area contributed by atoms with Crippen LogP contribution in [-0.4, -0.2) is 41.4 Å². The Morgan fingerprint density at radius 2 is 2.06 bits per heavy atom. The fourth-order valence-electron chi connectivity index (χ4n) is 2.51. The normalized spacial score (nSPS) is 40.1. The smallest absolute Gasteiger partial charge is 0.251 e. The summed E-state index contributed by atoms with van der Waals surface area (Å²) in [6.45, 7) is 6.77. The Kier molecular flexibility index (Phi) is 3.90. The van der Waals surface area contributed by atoms with E-state index in [0.29, 0.717) is 16.7 Å². The number of piperidine rings is 1. The van der Waals surface area contributed by atoms with Gasteiger partial charge in [-0.25, -0.2) is 0 Å². The Labute approximate surface area is 106 Å². The van der Waals surface area contributed by atoms with Gasteiger partial charge in [0.25, 0.3) is 5.91 Å². The van der Waals surface area contributed by atoms with Crippen molar-refractivity contribution in [3.63, 3.8) is 0 Å². The Bertz CT molecular complexity index is 272. The average Bonchev–Trinajstić information content (AvgIpc) is 2.67. The molecule has 0 bridgehead atoms. The van der Waals surface area contributed by atoms with Gasteiger partial charge in [-0.15, -0.1) is 0 Å². The van der Waals surface area contributed by atoms with Gasteiger partial charge >= 0.3 is 0 Å². The molecule has 16 heavy (non-hydrogen) atoms. The van der Waals surface area contributed by atoms with E-state index in [0.717, 1.165) is 32.5 Å². The molecule has 0 aromatic heterocycles. The summed E-state index contributed by atoms with van der Waals surface area (Å²) in [5.41, 5.74) is 0. The first-order valence-electron chi connectivity index (χ1n) is 6.14. The number of carbonyl (C=O) groups is 1. The standard InChI is InChI=1S/C12H20BrNO2/c1-8-4-6-16-11(8)12(15)14-5-3-10(13)9(2)7-14/h8-11H,3-7H2,1-2H3. The van der Waals surface area contributed by atoms with E-state index in [-0.39, 0.29) is 12.0 Å². The highest BCUT2D eigenvalue weighted by Gasteiger charge is 2.36. The van der Waals surface area contributed by atoms with Crippen LogP contribution < -0.4 is 0 Å². The van der Waals surface area contributed by atoms with Crippen molar-refractivity contribution in [2.75, 3.05) is 19.7 Å². The number of likely N-dealkylation sites (tertiary alicyclic amines) is 1. The van der Waals surface area contributed by atoms with Crippen molar-refractivity contribution in [1.29, 1.82) is 0 Å². The number of rotatable bonds is 1. The van der Waals surface area contributed by atoms with Gasteiger partial charge in [0.2, 0.25) is 0 Å². The van der Waals surface area contributed by atoms with Crippen molar-refractivity contribution in [3.8, 4) is 0 Å². The van der Waals surface area contributed by atoms with Crippen LogP contribution in [0.2, 0.25) is 0 Å². The van der Waals surface area contributed by atoms with Gasteiger partial charge < -0.3 is 9.64 Å². The van der Waals surface area contributed by atoms with Crippen molar-refractivity contribution in [2.45, 2.75) is 37.6 Å². The van der Waals surface area contributed by atoms with E-state index >= 15 is 0 Å². The SMILES string of the molecule is CC1CN(C(=O)C2OCCC2C)CCC1Br. The zero-order valence-corrected chi connectivity index (χ0v) is 11.6. The fourth-order valence-corrected chi connectivity index (χ4v) is 2.88. The lowest BCUT2D eigenvalue weighted by Crippen LogP contribution is -2.48. The highest BCUT2D eigenvalue weighted by molar-refractivity contribution is 9.09. The van der Waals surface area contributed by atoms with Crippen molar-refractivity contribution in [1.82, 2.24) is 4.90 Å². The molecule has 1 amide bonds. The molecule has 0 radical (unpaired) electrons. The topological polar surface area (TPSA) is 29.5 Å². The number of nitrogens with zero attached hydrogens (tertiary/aromatic N) is 1. The molecule has 2 fully saturated rings. The summed E-state index contributed by atoms with van der Waals surface area (Å²) in [4.78, 5) is 14.8. The molecule has 2 aliphatic heterocycles. The molecule has 0 aromatic carbocycles. The molecule has 2 aliphatic rings. The van der Waals surface area contributed by atoms with Crippen LogP contribution in [0.15, 0.2) is 0 Å². The van der Waals surface area contributed by atoms with Crippen LogP contribution in [0.1, 0.15) is 26.7 Å². The van der Waals surface area contributed by atoms with Crippen LogP contribution in [0.3, 0.4) is 0 Å². The molecule has 0 aromatic rings. The van der Waals surface area contributed by atoms with Crippen LogP contribution in [0.5, 0.6) is 0 Å². The van der Waals surface area contributed by atoms with Gasteiger partial charge in [0.15, 0.2) is 0 Å². The van der Waals surface area contributed by atoms with E-state index in [1.165, 1.54) is 0 Å². The maximum atomic E-state index is 12.2. The van der Waals surface area contributed by atoms with Gasteiger partial charge in [-0.05, 0) is 24.7 Å². The summed E-state index contributed by atoms with van der Waals surface area (Å²) in [5.74, 6) is 1.12. The number of carbonyl (C=O) groups excluding carboxylic acids is 1. The number of hydrogen-bond acceptors (Lipinski definition) is 2. The second-order valence-electron chi connectivity index (χ2n) is 5.12. The third kappa shape index (κ3) is 2.43. The van der Waals surface area contributed by atoms with Crippen molar-refractivity contribution < 1.29 is 9.53 Å². The second-order valence-corrected chi connectivity index (χ2v) is 6.30. The van der Waals surface area contributed by atoms with Gasteiger partial charge in [-0.2, -0.15) is 0 Å². The Hall–Kier alpha value is -0.0900. The van der Waals surface area contributed by atoms with E-state index in [9.17, 15) is 4.79 Å². The molecule has 0 spiro atoms. The molecule has 4 heteroatoms. The van der Waals surface area contributed by atoms with Gasteiger partial charge in [-0.3, -0.25) is 4.79 Å². The number of hydrogen-bond donors (Lipinski definition) is 0. The first-order chi connectivity index (χ1) is 7.59. The summed E-state index contributed by atoms with van der Waals surface area (Å²) < 4.78 is 5.54. The van der Waals surface area contributed by atoms with Crippen LogP contribution in [0.4, 0.5) is 0 Å². The third-order valence-corrected chi connectivity index (χ3v) is 5.10. The fraction of sp³-hybridized carbons (Fsp3) is 0.917. The second kappa shape index (κ2) is 5.05. The molecule has 0 saturated carbocycles. The Morgan fingerprint density at radius 1 is 1.31 bits per heavy atom. The lowest BCUT2D eigenvalue weighted by molar-refractivity contribution is -0.144. The van der Waals surface area contributed by atoms with Crippen molar-refractivity contribution in [2.24, 2.45) is 11.8 Å². The largest absolute Gasteiger partial charge is 0.368 e. The molecular formula is C12H20BrNO2. The van der Waals surface area contributed by atoms with Gasteiger partial charge in [0.1, 0.15) is 6.10 Å². The molecule has 4 unspecified atom stereocenters. The maximum absolute atomic E-state index is 12.2. The maximum Gasteiger partial charge on any atom is 0.251 e. The quantitative estimate of drug-likeness (QED) is 0.692. The molecule has 2 heterocycles. The van der Waals surface area contributed by atoms with Crippen LogP contribution in [0.25, 0.3) is 0 Å². The third-order valence-electron chi connectivity index (χ3n) is 3.74. The first kappa shape index (κ1) is 12.4. The number of alkyl halides is 1. The molecule has 0 N–H and O–H groups in total. The van der Waals surface area contributed by atoms with Crippen LogP contribution in [0, 0.1) is 11.8 Å². The van der Waals surface area contributed by atoms with E-state index in [2.05, 4.69) is 29.8 Å². The first-order valence-corrected chi connectivity index (χ1v) is 7.05. The van der Waals surface area contributed by atoms with E-state index in [1.807, 2.05) is 4.90 Å². The minimum atomic E-state index is -0.181. The summed E-state index contributed by atoms with van der Waals surface area (Å²) in [7, 11) is 0. The zero-order chi connectivity index (χ0) is 11.7. The molecule has 92 valence electrons. The lowest BCUT2D eigenvalue weighted by atomic mass is 9.97. The highest BCUT2D eigenvalue weighted by atomic mass is 79.9. The van der Waals surface area contributed by atoms with Gasteiger partial charge in [0, 0.05) is 24.5 Å². The molecule has 3 nitrogen and oxygen atoms in total.